The Bertz CT molecular complexity index is 566. The van der Waals surface area contributed by atoms with Crippen molar-refractivity contribution in [2.45, 2.75) is 18.8 Å². The molecule has 5 heteroatoms. The van der Waals surface area contributed by atoms with Gasteiger partial charge in [-0.1, -0.05) is 12.2 Å². The zero-order chi connectivity index (χ0) is 11.1. The topological polar surface area (TPSA) is 33.6 Å². The average molecular weight is 296 g/mol. The van der Waals surface area contributed by atoms with Gasteiger partial charge in [0.25, 0.3) is 0 Å². The van der Waals surface area contributed by atoms with Crippen LogP contribution in [0.2, 0.25) is 0 Å². The summed E-state index contributed by atoms with van der Waals surface area (Å²) in [5, 5.41) is 3.31. The van der Waals surface area contributed by atoms with Crippen LogP contribution in [0.4, 0.5) is 0 Å². The Hall–Kier alpha value is -0.940. The molecule has 16 heavy (non-hydrogen) atoms. The van der Waals surface area contributed by atoms with Gasteiger partial charge >= 0.3 is 0 Å². The van der Waals surface area contributed by atoms with Gasteiger partial charge in [-0.05, 0) is 47.0 Å². The number of hydrogen-bond acceptors (Lipinski definition) is 2. The molecule has 2 heterocycles. The summed E-state index contributed by atoms with van der Waals surface area (Å²) in [6, 6.07) is 5.94. The van der Waals surface area contributed by atoms with Crippen LogP contribution < -0.4 is 0 Å². The normalized spacial score (nSPS) is 15.3. The van der Waals surface area contributed by atoms with E-state index >= 15 is 0 Å². The minimum atomic E-state index is 0.679. The average Bonchev–Trinajstić information content (AvgIpc) is 3.04. The molecule has 2 aromatic rings. The Morgan fingerprint density at radius 1 is 1.44 bits per heavy atom. The van der Waals surface area contributed by atoms with Crippen LogP contribution >= 0.6 is 28.1 Å². The molecule has 0 spiro atoms. The summed E-state index contributed by atoms with van der Waals surface area (Å²) in [4.78, 5) is 4.32. The minimum Gasteiger partial charge on any atom is -0.295 e. The number of H-pyrrole nitrogens is 1. The van der Waals surface area contributed by atoms with Gasteiger partial charge in [-0.25, -0.2) is 9.67 Å². The third-order valence-electron chi connectivity index (χ3n) is 2.70. The van der Waals surface area contributed by atoms with Crippen molar-refractivity contribution in [2.75, 3.05) is 0 Å². The maximum Gasteiger partial charge on any atom is 0.152 e. The second-order valence-electron chi connectivity index (χ2n) is 3.99. The van der Waals surface area contributed by atoms with Gasteiger partial charge in [-0.2, -0.15) is 0 Å². The van der Waals surface area contributed by atoms with Gasteiger partial charge in [-0.15, -0.1) is 0 Å². The third kappa shape index (κ3) is 1.85. The number of nitrogens with zero attached hydrogens (tertiary/aromatic N) is 2. The molecule has 0 atom stereocenters. The summed E-state index contributed by atoms with van der Waals surface area (Å²) in [5.74, 6) is 1.51. The van der Waals surface area contributed by atoms with Crippen molar-refractivity contribution in [3.63, 3.8) is 0 Å². The Morgan fingerprint density at radius 2 is 2.25 bits per heavy atom. The van der Waals surface area contributed by atoms with Crippen LogP contribution in [0, 0.1) is 4.64 Å². The molecule has 0 bridgehead atoms. The van der Waals surface area contributed by atoms with E-state index in [4.69, 9.17) is 12.2 Å². The number of rotatable bonds is 2. The smallest absolute Gasteiger partial charge is 0.152 e. The minimum absolute atomic E-state index is 0.679. The van der Waals surface area contributed by atoms with Gasteiger partial charge in [0.15, 0.2) is 5.82 Å². The number of halogens is 1. The predicted octanol–water partition coefficient (Wildman–Crippen LogP) is 3.57. The van der Waals surface area contributed by atoms with Crippen LogP contribution in [0.5, 0.6) is 0 Å². The molecular formula is C11H10BrN3S. The molecule has 1 aliphatic rings. The molecule has 0 radical (unpaired) electrons. The Morgan fingerprint density at radius 3 is 2.88 bits per heavy atom. The lowest BCUT2D eigenvalue weighted by Crippen LogP contribution is -1.99. The lowest BCUT2D eigenvalue weighted by Gasteiger charge is -2.01. The molecule has 2 aromatic heterocycles. The molecule has 3 nitrogen and oxygen atoms in total. The maximum atomic E-state index is 5.31. The fourth-order valence-corrected chi connectivity index (χ4v) is 2.19. The van der Waals surface area contributed by atoms with E-state index in [2.05, 4.69) is 26.0 Å². The Labute approximate surface area is 107 Å². The van der Waals surface area contributed by atoms with E-state index < -0.39 is 0 Å². The number of aromatic nitrogens is 3. The second-order valence-corrected chi connectivity index (χ2v) is 5.33. The molecule has 0 aromatic carbocycles. The van der Waals surface area contributed by atoms with E-state index in [1.807, 2.05) is 22.9 Å². The largest absolute Gasteiger partial charge is 0.295 e. The lowest BCUT2D eigenvalue weighted by atomic mass is 10.3. The summed E-state index contributed by atoms with van der Waals surface area (Å²) >= 11 is 8.68. The highest BCUT2D eigenvalue weighted by Crippen LogP contribution is 2.39. The highest BCUT2D eigenvalue weighted by atomic mass is 79.9. The predicted molar refractivity (Wildman–Crippen MR) is 68.4 cm³/mol. The van der Waals surface area contributed by atoms with E-state index in [0.29, 0.717) is 5.92 Å². The molecule has 1 N–H and O–H groups in total. The molecule has 1 aliphatic carbocycles. The van der Waals surface area contributed by atoms with Gasteiger partial charge in [0.2, 0.25) is 0 Å². The van der Waals surface area contributed by atoms with E-state index in [1.165, 1.54) is 18.5 Å². The summed E-state index contributed by atoms with van der Waals surface area (Å²) in [7, 11) is 0. The van der Waals surface area contributed by atoms with Crippen LogP contribution in [0.15, 0.2) is 28.9 Å². The molecule has 0 saturated heterocycles. The molecular weight excluding hydrogens is 286 g/mol. The fraction of sp³-hybridized carbons (Fsp3) is 0.273. The van der Waals surface area contributed by atoms with Crippen molar-refractivity contribution in [1.29, 1.82) is 0 Å². The van der Waals surface area contributed by atoms with E-state index in [9.17, 15) is 0 Å². The quantitative estimate of drug-likeness (QED) is 0.860. The van der Waals surface area contributed by atoms with Crippen LogP contribution in [0.3, 0.4) is 0 Å². The standard InChI is InChI=1S/C11H10BrN3S/c12-8-3-4-10(13-6-8)15-11(16)5-9(14-15)7-1-2-7/h3-7,14H,1-2H2. The zero-order valence-corrected chi connectivity index (χ0v) is 10.9. The maximum absolute atomic E-state index is 5.31. The van der Waals surface area contributed by atoms with Crippen molar-refractivity contribution < 1.29 is 0 Å². The first kappa shape index (κ1) is 10.2. The Kier molecular flexibility index (Phi) is 2.44. The number of pyridine rings is 1. The molecule has 1 fully saturated rings. The summed E-state index contributed by atoms with van der Waals surface area (Å²) in [6.07, 6.45) is 4.31. The van der Waals surface area contributed by atoms with Gasteiger partial charge in [-0.3, -0.25) is 5.10 Å². The highest BCUT2D eigenvalue weighted by Gasteiger charge is 2.25. The van der Waals surface area contributed by atoms with Gasteiger partial charge in [0.1, 0.15) is 4.64 Å². The van der Waals surface area contributed by atoms with Crippen LogP contribution in [-0.4, -0.2) is 14.8 Å². The van der Waals surface area contributed by atoms with Gasteiger partial charge in [0.05, 0.1) is 0 Å². The van der Waals surface area contributed by atoms with E-state index in [1.54, 1.807) is 6.20 Å². The second kappa shape index (κ2) is 3.82. The van der Waals surface area contributed by atoms with E-state index in [0.717, 1.165) is 14.9 Å². The van der Waals surface area contributed by atoms with Crippen LogP contribution in [-0.2, 0) is 0 Å². The van der Waals surface area contributed by atoms with Crippen molar-refractivity contribution >= 4 is 28.1 Å². The van der Waals surface area contributed by atoms with Crippen molar-refractivity contribution in [3.8, 4) is 5.82 Å². The molecule has 82 valence electrons. The summed E-state index contributed by atoms with van der Waals surface area (Å²) < 4.78 is 3.61. The first-order valence-corrected chi connectivity index (χ1v) is 6.38. The first-order chi connectivity index (χ1) is 7.74. The number of nitrogens with one attached hydrogen (secondary N) is 1. The van der Waals surface area contributed by atoms with Crippen LogP contribution in [0.1, 0.15) is 24.5 Å². The van der Waals surface area contributed by atoms with Gasteiger partial charge in [0, 0.05) is 22.3 Å². The number of hydrogen-bond donors (Lipinski definition) is 1. The monoisotopic (exact) mass is 295 g/mol. The molecule has 0 aliphatic heterocycles. The van der Waals surface area contributed by atoms with Crippen molar-refractivity contribution in [3.05, 3.63) is 39.2 Å². The lowest BCUT2D eigenvalue weighted by molar-refractivity contribution is 0.804. The van der Waals surface area contributed by atoms with Crippen molar-refractivity contribution in [1.82, 2.24) is 14.8 Å². The third-order valence-corrected chi connectivity index (χ3v) is 3.47. The van der Waals surface area contributed by atoms with E-state index in [-0.39, 0.29) is 0 Å². The highest BCUT2D eigenvalue weighted by molar-refractivity contribution is 9.10. The Balaban J connectivity index is 2.05. The molecule has 1 saturated carbocycles. The van der Waals surface area contributed by atoms with Crippen molar-refractivity contribution in [2.24, 2.45) is 0 Å². The molecule has 0 unspecified atom stereocenters. The first-order valence-electron chi connectivity index (χ1n) is 5.18. The summed E-state index contributed by atoms with van der Waals surface area (Å²) in [6.45, 7) is 0. The summed E-state index contributed by atoms with van der Waals surface area (Å²) in [5.41, 5.74) is 1.23. The van der Waals surface area contributed by atoms with Crippen LogP contribution in [0.25, 0.3) is 5.82 Å². The molecule has 0 amide bonds. The van der Waals surface area contributed by atoms with Gasteiger partial charge < -0.3 is 0 Å². The SMILES string of the molecule is S=c1cc(C2CC2)[nH]n1-c1ccc(Br)cn1. The zero-order valence-electron chi connectivity index (χ0n) is 8.48. The molecule has 3 rings (SSSR count). The fourth-order valence-electron chi connectivity index (χ4n) is 1.69. The number of aromatic amines is 1.